The molecule has 0 aromatic heterocycles. The minimum atomic E-state index is -1.73. The average molecular weight is 609 g/mol. The molecule has 4 rings (SSSR count). The van der Waals surface area contributed by atoms with Gasteiger partial charge < -0.3 is 54.7 Å². The highest BCUT2D eigenvalue weighted by Crippen LogP contribution is 2.47. The Morgan fingerprint density at radius 2 is 1.65 bits per heavy atom. The van der Waals surface area contributed by atoms with Crippen LogP contribution >= 0.6 is 0 Å². The van der Waals surface area contributed by atoms with Crippen LogP contribution in [-0.4, -0.2) is 104 Å². The van der Waals surface area contributed by atoms with Gasteiger partial charge in [0.25, 0.3) is 0 Å². The molecule has 0 saturated carbocycles. The van der Waals surface area contributed by atoms with Gasteiger partial charge >= 0.3 is 0 Å². The summed E-state index contributed by atoms with van der Waals surface area (Å²) < 4.78 is 23.7. The van der Waals surface area contributed by atoms with E-state index in [0.717, 1.165) is 30.4 Å². The Morgan fingerprint density at radius 1 is 0.953 bits per heavy atom. The third kappa shape index (κ3) is 7.11. The lowest BCUT2D eigenvalue weighted by atomic mass is 9.73. The van der Waals surface area contributed by atoms with Crippen LogP contribution in [0.4, 0.5) is 0 Å². The molecule has 11 heteroatoms. The monoisotopic (exact) mass is 608 g/mol. The average Bonchev–Trinajstić information content (AvgIpc) is 2.96. The van der Waals surface area contributed by atoms with Crippen molar-refractivity contribution in [2.24, 2.45) is 5.92 Å². The highest BCUT2D eigenvalue weighted by atomic mass is 16.7. The van der Waals surface area contributed by atoms with E-state index in [1.807, 2.05) is 26.8 Å². The third-order valence-electron chi connectivity index (χ3n) is 8.86. The second kappa shape index (κ2) is 14.4. The molecular weight excluding hydrogens is 560 g/mol. The van der Waals surface area contributed by atoms with Gasteiger partial charge in [-0.15, -0.1) is 0 Å². The standard InChI is InChI=1S/C32H48O11/c1-6-8-17-12-20(34)24(19-11-16(5)9-10-18(19)15(3)4)22(13-17)41-32-29(39)30(26(36)21(7-2)40-32)43-31-28(38)27(37)25(35)23(14-33)42-31/h11-13,18-19,21,23,25-39H,3,6-10,14H2,1-2,4-5H3/t18-,19+,21+,23+,25+,26+,27-,28+,29+,30-,31-,32-/m0/s1. The summed E-state index contributed by atoms with van der Waals surface area (Å²) >= 11 is 0. The number of ether oxygens (including phenoxy) is 4. The van der Waals surface area contributed by atoms with Crippen LogP contribution in [0.15, 0.2) is 35.9 Å². The maximum absolute atomic E-state index is 11.4. The molecule has 2 saturated heterocycles. The predicted octanol–water partition coefficient (Wildman–Crippen LogP) is 1.78. The highest BCUT2D eigenvalue weighted by Gasteiger charge is 2.51. The Bertz CT molecular complexity index is 1140. The highest BCUT2D eigenvalue weighted by molar-refractivity contribution is 5.52. The van der Waals surface area contributed by atoms with E-state index in [9.17, 15) is 35.7 Å². The molecular formula is C32H48O11. The van der Waals surface area contributed by atoms with E-state index in [1.54, 1.807) is 13.0 Å². The second-order valence-electron chi connectivity index (χ2n) is 12.2. The van der Waals surface area contributed by atoms with Gasteiger partial charge in [0, 0.05) is 11.5 Å². The minimum Gasteiger partial charge on any atom is -0.507 e. The number of rotatable bonds is 10. The lowest BCUT2D eigenvalue weighted by molar-refractivity contribution is -0.351. The fourth-order valence-electron chi connectivity index (χ4n) is 6.40. The molecule has 43 heavy (non-hydrogen) atoms. The van der Waals surface area contributed by atoms with Crippen LogP contribution in [0.5, 0.6) is 11.5 Å². The van der Waals surface area contributed by atoms with Crippen molar-refractivity contribution >= 4 is 0 Å². The topological polar surface area (TPSA) is 179 Å². The van der Waals surface area contributed by atoms with Gasteiger partial charge in [-0.2, -0.15) is 0 Å². The van der Waals surface area contributed by atoms with Gasteiger partial charge in [-0.05, 0) is 63.1 Å². The number of allylic oxidation sites excluding steroid dienone is 3. The normalized spacial score (nSPS) is 38.4. The quantitative estimate of drug-likeness (QED) is 0.193. The fraction of sp³-hybridized carbons (Fsp3) is 0.688. The van der Waals surface area contributed by atoms with Gasteiger partial charge in [0.15, 0.2) is 6.29 Å². The van der Waals surface area contributed by atoms with Crippen molar-refractivity contribution in [2.45, 2.75) is 127 Å². The molecule has 1 aromatic rings. The summed E-state index contributed by atoms with van der Waals surface area (Å²) in [5, 5.41) is 74.3. The lowest BCUT2D eigenvalue weighted by Crippen LogP contribution is -2.64. The molecule has 7 N–H and O–H groups in total. The molecule has 2 heterocycles. The van der Waals surface area contributed by atoms with Crippen LogP contribution in [0.25, 0.3) is 0 Å². The molecule has 242 valence electrons. The summed E-state index contributed by atoms with van der Waals surface area (Å²) in [5.74, 6) is 0.215. The number of hydrogen-bond acceptors (Lipinski definition) is 11. The van der Waals surface area contributed by atoms with Crippen LogP contribution in [0.1, 0.15) is 70.4 Å². The summed E-state index contributed by atoms with van der Waals surface area (Å²) in [6.45, 7) is 11.4. The van der Waals surface area contributed by atoms with E-state index in [2.05, 4.69) is 12.7 Å². The van der Waals surface area contributed by atoms with Crippen LogP contribution in [0.3, 0.4) is 0 Å². The SMILES string of the molecule is C=C(C)[C@@H]1CCC(C)=C[C@H]1c1c(O)cc(CCC)cc1O[C@@H]1O[C@H](CC)[C@@H](O)[C@H](O[C@@H]2O[C@H](CO)[C@@H](O)[C@H](O)[C@H]2O)[C@H]1O. The van der Waals surface area contributed by atoms with Gasteiger partial charge in [0.1, 0.15) is 54.2 Å². The number of benzene rings is 1. The summed E-state index contributed by atoms with van der Waals surface area (Å²) in [6, 6.07) is 3.57. The molecule has 2 aliphatic heterocycles. The molecule has 0 bridgehead atoms. The zero-order valence-corrected chi connectivity index (χ0v) is 25.4. The van der Waals surface area contributed by atoms with Crippen LogP contribution in [-0.2, 0) is 20.6 Å². The number of phenols is 1. The molecule has 1 aromatic carbocycles. The van der Waals surface area contributed by atoms with Gasteiger partial charge in [0.2, 0.25) is 6.29 Å². The van der Waals surface area contributed by atoms with Crippen molar-refractivity contribution in [3.63, 3.8) is 0 Å². The molecule has 11 nitrogen and oxygen atoms in total. The van der Waals surface area contributed by atoms with Crippen LogP contribution < -0.4 is 4.74 Å². The summed E-state index contributed by atoms with van der Waals surface area (Å²) in [5.41, 5.74) is 3.55. The Kier molecular flexibility index (Phi) is 11.3. The first-order valence-electron chi connectivity index (χ1n) is 15.2. The van der Waals surface area contributed by atoms with E-state index >= 15 is 0 Å². The van der Waals surface area contributed by atoms with Crippen molar-refractivity contribution in [2.75, 3.05) is 6.61 Å². The Hall–Kier alpha value is -2.06. The van der Waals surface area contributed by atoms with Gasteiger partial charge in [-0.25, -0.2) is 0 Å². The van der Waals surface area contributed by atoms with E-state index in [0.29, 0.717) is 24.2 Å². The minimum absolute atomic E-state index is 0.0543. The third-order valence-corrected chi connectivity index (χ3v) is 8.86. The first-order chi connectivity index (χ1) is 20.4. The summed E-state index contributed by atoms with van der Waals surface area (Å²) in [6.07, 6.45) is -8.68. The second-order valence-corrected chi connectivity index (χ2v) is 12.2. The van der Waals surface area contributed by atoms with Gasteiger partial charge in [-0.1, -0.05) is 44.1 Å². The van der Waals surface area contributed by atoms with E-state index in [4.69, 9.17) is 18.9 Å². The largest absolute Gasteiger partial charge is 0.507 e. The predicted molar refractivity (Wildman–Crippen MR) is 156 cm³/mol. The fourth-order valence-corrected chi connectivity index (χ4v) is 6.40. The molecule has 2 fully saturated rings. The number of aliphatic hydroxyl groups excluding tert-OH is 6. The van der Waals surface area contributed by atoms with E-state index < -0.39 is 68.0 Å². The Balaban J connectivity index is 1.69. The van der Waals surface area contributed by atoms with E-state index in [-0.39, 0.29) is 17.6 Å². The Morgan fingerprint density at radius 3 is 2.28 bits per heavy atom. The summed E-state index contributed by atoms with van der Waals surface area (Å²) in [7, 11) is 0. The number of aromatic hydroxyl groups is 1. The van der Waals surface area contributed by atoms with Crippen molar-refractivity contribution in [3.8, 4) is 11.5 Å². The number of aliphatic hydroxyl groups is 6. The number of aryl methyl sites for hydroxylation is 1. The van der Waals surface area contributed by atoms with Crippen molar-refractivity contribution < 1.29 is 54.7 Å². The zero-order chi connectivity index (χ0) is 31.6. The Labute approximate surface area is 253 Å². The van der Waals surface area contributed by atoms with Crippen molar-refractivity contribution in [3.05, 3.63) is 47.1 Å². The van der Waals surface area contributed by atoms with Crippen molar-refractivity contribution in [1.29, 1.82) is 0 Å². The van der Waals surface area contributed by atoms with Gasteiger partial charge in [-0.3, -0.25) is 0 Å². The number of hydrogen-bond donors (Lipinski definition) is 7. The molecule has 3 aliphatic rings. The first kappa shape index (κ1) is 33.8. The van der Waals surface area contributed by atoms with Crippen LogP contribution in [0.2, 0.25) is 0 Å². The lowest BCUT2D eigenvalue weighted by Gasteiger charge is -2.46. The van der Waals surface area contributed by atoms with Crippen LogP contribution in [0, 0.1) is 5.92 Å². The molecule has 0 unspecified atom stereocenters. The first-order valence-corrected chi connectivity index (χ1v) is 15.2. The molecule has 0 radical (unpaired) electrons. The number of phenolic OH excluding ortho intramolecular Hbond substituents is 1. The molecule has 1 aliphatic carbocycles. The molecule has 0 spiro atoms. The summed E-state index contributed by atoms with van der Waals surface area (Å²) in [4.78, 5) is 0. The molecule has 12 atom stereocenters. The van der Waals surface area contributed by atoms with Crippen molar-refractivity contribution in [1.82, 2.24) is 0 Å². The van der Waals surface area contributed by atoms with E-state index in [1.165, 1.54) is 5.57 Å². The maximum atomic E-state index is 11.4. The smallest absolute Gasteiger partial charge is 0.229 e. The zero-order valence-electron chi connectivity index (χ0n) is 25.4. The van der Waals surface area contributed by atoms with Gasteiger partial charge in [0.05, 0.1) is 12.7 Å². The molecule has 0 amide bonds. The maximum Gasteiger partial charge on any atom is 0.229 e.